The molecule has 0 bridgehead atoms. The molecule has 1 heterocycles. The van der Waals surface area contributed by atoms with Crippen molar-refractivity contribution in [3.05, 3.63) is 199 Å². The average Bonchev–Trinajstić information content (AvgIpc) is 3.49. The predicted octanol–water partition coefficient (Wildman–Crippen LogP) is 13.3. The van der Waals surface area contributed by atoms with Crippen LogP contribution in [0.15, 0.2) is 188 Å². The van der Waals surface area contributed by atoms with Crippen LogP contribution < -0.4 is 0 Å². The summed E-state index contributed by atoms with van der Waals surface area (Å²) in [5.41, 5.74) is 15.2. The van der Waals surface area contributed by atoms with Crippen molar-refractivity contribution < 1.29 is 0 Å². The van der Waals surface area contributed by atoms with E-state index in [0.717, 1.165) is 49.7 Å². The molecule has 55 heavy (non-hydrogen) atoms. The van der Waals surface area contributed by atoms with Crippen molar-refractivity contribution in [2.24, 2.45) is 0 Å². The molecule has 1 aromatic heterocycles. The summed E-state index contributed by atoms with van der Waals surface area (Å²) in [5, 5.41) is 2.23. The van der Waals surface area contributed by atoms with Crippen LogP contribution in [0.5, 0.6) is 0 Å². The van der Waals surface area contributed by atoms with Gasteiger partial charge in [0.25, 0.3) is 0 Å². The number of rotatable bonds is 6. The van der Waals surface area contributed by atoms with E-state index in [1.54, 1.807) is 0 Å². The highest BCUT2D eigenvalue weighted by molar-refractivity contribution is 5.98. The Morgan fingerprint density at radius 1 is 0.309 bits per heavy atom. The molecule has 0 aliphatic heterocycles. The smallest absolute Gasteiger partial charge is 0.164 e. The van der Waals surface area contributed by atoms with Crippen molar-refractivity contribution in [1.82, 2.24) is 15.0 Å². The molecule has 10 rings (SSSR count). The normalized spacial score (nSPS) is 12.7. The van der Waals surface area contributed by atoms with E-state index in [-0.39, 0.29) is 5.41 Å². The van der Waals surface area contributed by atoms with Crippen LogP contribution in [0, 0.1) is 0 Å². The van der Waals surface area contributed by atoms with Crippen LogP contribution in [0.1, 0.15) is 25.0 Å². The number of benzene rings is 8. The van der Waals surface area contributed by atoms with Crippen LogP contribution in [0.3, 0.4) is 0 Å². The first-order valence-electron chi connectivity index (χ1n) is 18.9. The third kappa shape index (κ3) is 5.82. The fourth-order valence-electron chi connectivity index (χ4n) is 8.23. The maximum atomic E-state index is 5.20. The lowest BCUT2D eigenvalue weighted by molar-refractivity contribution is 0.660. The largest absolute Gasteiger partial charge is 0.208 e. The van der Waals surface area contributed by atoms with E-state index in [0.29, 0.717) is 17.5 Å². The minimum Gasteiger partial charge on any atom is -0.208 e. The molecule has 0 saturated carbocycles. The predicted molar refractivity (Wildman–Crippen MR) is 228 cm³/mol. The summed E-state index contributed by atoms with van der Waals surface area (Å²) < 4.78 is 0. The van der Waals surface area contributed by atoms with Gasteiger partial charge in [-0.3, -0.25) is 0 Å². The molecule has 0 N–H and O–H groups in total. The van der Waals surface area contributed by atoms with E-state index in [1.165, 1.54) is 33.4 Å². The highest BCUT2D eigenvalue weighted by Gasteiger charge is 2.35. The molecule has 260 valence electrons. The fraction of sp³-hybridized carbons (Fsp3) is 0.0577. The Kier molecular flexibility index (Phi) is 7.81. The van der Waals surface area contributed by atoms with E-state index < -0.39 is 0 Å². The van der Waals surface area contributed by atoms with E-state index in [2.05, 4.69) is 190 Å². The standard InChI is InChI=1S/C52H37N3/c1-52(2)47-25-10-9-23-44(47)45-29-27-39(33-48(45)52)38-26-28-43-40(30-38)20-13-24-46(43)51-54-49(41-21-11-18-36(31-41)34-14-5-3-6-15-34)53-50(55-51)42-22-12-19-37(32-42)35-16-7-4-8-17-35/h3-33H,1-2H3. The van der Waals surface area contributed by atoms with Crippen LogP contribution in [-0.4, -0.2) is 15.0 Å². The summed E-state index contributed by atoms with van der Waals surface area (Å²) in [7, 11) is 0. The third-order valence-electron chi connectivity index (χ3n) is 11.1. The molecule has 0 saturated heterocycles. The molecule has 8 aromatic carbocycles. The molecule has 1 aliphatic rings. The lowest BCUT2D eigenvalue weighted by Gasteiger charge is -2.22. The molecular formula is C52H37N3. The molecule has 9 aromatic rings. The molecule has 3 heteroatoms. The van der Waals surface area contributed by atoms with Crippen molar-refractivity contribution in [3.8, 4) is 78.7 Å². The highest BCUT2D eigenvalue weighted by Crippen LogP contribution is 2.49. The van der Waals surface area contributed by atoms with Gasteiger partial charge < -0.3 is 0 Å². The number of nitrogens with zero attached hydrogens (tertiary/aromatic N) is 3. The number of hydrogen-bond donors (Lipinski definition) is 0. The fourth-order valence-corrected chi connectivity index (χ4v) is 8.23. The van der Waals surface area contributed by atoms with E-state index in [4.69, 9.17) is 15.0 Å². The van der Waals surface area contributed by atoms with Gasteiger partial charge in [-0.15, -0.1) is 0 Å². The summed E-state index contributed by atoms with van der Waals surface area (Å²) in [6.45, 7) is 4.67. The molecule has 0 spiro atoms. The maximum absolute atomic E-state index is 5.20. The van der Waals surface area contributed by atoms with E-state index in [1.807, 2.05) is 12.1 Å². The van der Waals surface area contributed by atoms with E-state index >= 15 is 0 Å². The Morgan fingerprint density at radius 3 is 1.45 bits per heavy atom. The second-order valence-corrected chi connectivity index (χ2v) is 14.9. The number of aromatic nitrogens is 3. The first-order chi connectivity index (χ1) is 27.0. The van der Waals surface area contributed by atoms with E-state index in [9.17, 15) is 0 Å². The zero-order chi connectivity index (χ0) is 36.9. The van der Waals surface area contributed by atoms with Crippen molar-refractivity contribution >= 4 is 10.8 Å². The van der Waals surface area contributed by atoms with Crippen molar-refractivity contribution in [1.29, 1.82) is 0 Å². The summed E-state index contributed by atoms with van der Waals surface area (Å²) in [4.78, 5) is 15.5. The Balaban J connectivity index is 1.10. The first kappa shape index (κ1) is 32.7. The summed E-state index contributed by atoms with van der Waals surface area (Å²) >= 11 is 0. The Morgan fingerprint density at radius 2 is 0.782 bits per heavy atom. The molecule has 0 radical (unpaired) electrons. The van der Waals surface area contributed by atoms with Crippen LogP contribution in [-0.2, 0) is 5.41 Å². The van der Waals surface area contributed by atoms with Gasteiger partial charge in [0.05, 0.1) is 0 Å². The average molecular weight is 704 g/mol. The van der Waals surface area contributed by atoms with Crippen LogP contribution in [0.2, 0.25) is 0 Å². The summed E-state index contributed by atoms with van der Waals surface area (Å²) in [6.07, 6.45) is 0. The second kappa shape index (κ2) is 13.2. The van der Waals surface area contributed by atoms with Crippen molar-refractivity contribution in [3.63, 3.8) is 0 Å². The van der Waals surface area contributed by atoms with Crippen LogP contribution in [0.25, 0.3) is 89.4 Å². The molecule has 3 nitrogen and oxygen atoms in total. The second-order valence-electron chi connectivity index (χ2n) is 14.9. The lowest BCUT2D eigenvalue weighted by atomic mass is 9.81. The minimum atomic E-state index is -0.0543. The van der Waals surface area contributed by atoms with Crippen molar-refractivity contribution in [2.75, 3.05) is 0 Å². The SMILES string of the molecule is CC1(C)c2ccccc2-c2ccc(-c3ccc4c(-c5nc(-c6cccc(-c7ccccc7)c6)nc(-c6cccc(-c7ccccc7)c6)n5)cccc4c3)cc21. The third-order valence-corrected chi connectivity index (χ3v) is 11.1. The first-order valence-corrected chi connectivity index (χ1v) is 18.9. The lowest BCUT2D eigenvalue weighted by Crippen LogP contribution is -2.14. The Hall–Kier alpha value is -6.97. The summed E-state index contributed by atoms with van der Waals surface area (Å²) in [5.74, 6) is 1.92. The summed E-state index contributed by atoms with van der Waals surface area (Å²) in [6, 6.07) is 66.7. The van der Waals surface area contributed by atoms with Crippen molar-refractivity contribution in [2.45, 2.75) is 19.3 Å². The number of fused-ring (bicyclic) bond motifs is 4. The monoisotopic (exact) mass is 703 g/mol. The molecule has 0 fully saturated rings. The zero-order valence-electron chi connectivity index (χ0n) is 30.7. The Labute approximate surface area is 321 Å². The van der Waals surface area contributed by atoms with Gasteiger partial charge >= 0.3 is 0 Å². The van der Waals surface area contributed by atoms with Gasteiger partial charge in [0.2, 0.25) is 0 Å². The maximum Gasteiger partial charge on any atom is 0.164 e. The van der Waals surface area contributed by atoms with Crippen LogP contribution >= 0.6 is 0 Å². The molecule has 0 unspecified atom stereocenters. The zero-order valence-corrected chi connectivity index (χ0v) is 30.7. The van der Waals surface area contributed by atoms with Gasteiger partial charge in [0, 0.05) is 22.1 Å². The minimum absolute atomic E-state index is 0.0543. The molecule has 1 aliphatic carbocycles. The highest BCUT2D eigenvalue weighted by atomic mass is 15.0. The van der Waals surface area contributed by atoms with Gasteiger partial charge in [-0.05, 0) is 90.7 Å². The van der Waals surface area contributed by atoms with Gasteiger partial charge in [0.1, 0.15) is 0 Å². The quantitative estimate of drug-likeness (QED) is 0.173. The van der Waals surface area contributed by atoms with Gasteiger partial charge in [-0.1, -0.05) is 178 Å². The van der Waals surface area contributed by atoms with Gasteiger partial charge in [-0.2, -0.15) is 0 Å². The van der Waals surface area contributed by atoms with Crippen LogP contribution in [0.4, 0.5) is 0 Å². The molecule has 0 amide bonds. The van der Waals surface area contributed by atoms with Gasteiger partial charge in [0.15, 0.2) is 17.5 Å². The topological polar surface area (TPSA) is 38.7 Å². The number of hydrogen-bond acceptors (Lipinski definition) is 3. The van der Waals surface area contributed by atoms with Gasteiger partial charge in [-0.25, -0.2) is 15.0 Å². The molecular weight excluding hydrogens is 667 g/mol. The Bertz CT molecular complexity index is 2790. The molecule has 0 atom stereocenters.